The Morgan fingerprint density at radius 1 is 1.29 bits per heavy atom. The average Bonchev–Trinajstić information content (AvgIpc) is 3.23. The van der Waals surface area contributed by atoms with E-state index in [1.807, 2.05) is 11.0 Å². The second kappa shape index (κ2) is 4.49. The van der Waals surface area contributed by atoms with Crippen LogP contribution >= 0.6 is 0 Å². The molecule has 1 aromatic carbocycles. The lowest BCUT2D eigenvalue weighted by atomic mass is 9.90. The molecule has 2 heterocycles. The number of carbonyl (C=O) groups excluding carboxylic acids is 1. The topological polar surface area (TPSA) is 32.8 Å². The van der Waals surface area contributed by atoms with Crippen molar-refractivity contribution in [1.29, 1.82) is 0 Å². The molecule has 0 aromatic heterocycles. The summed E-state index contributed by atoms with van der Waals surface area (Å²) in [7, 11) is 0. The molecule has 3 heteroatoms. The molecule has 2 atom stereocenters. The summed E-state index contributed by atoms with van der Waals surface area (Å²) < 4.78 is 5.07. The number of amides is 1. The highest BCUT2D eigenvalue weighted by Gasteiger charge is 2.36. The van der Waals surface area contributed by atoms with Gasteiger partial charge in [-0.1, -0.05) is 30.3 Å². The molecule has 0 radical (unpaired) electrons. The average molecular weight is 231 g/mol. The van der Waals surface area contributed by atoms with E-state index in [9.17, 15) is 4.79 Å². The fourth-order valence-electron chi connectivity index (χ4n) is 2.57. The first-order valence-electron chi connectivity index (χ1n) is 6.30. The Morgan fingerprint density at radius 2 is 2.06 bits per heavy atom. The molecular formula is C14H17NO2. The maximum Gasteiger partial charge on any atom is 0.254 e. The quantitative estimate of drug-likeness (QED) is 0.727. The molecule has 3 rings (SSSR count). The Bertz CT molecular complexity index is 400. The van der Waals surface area contributed by atoms with Crippen LogP contribution in [-0.2, 0) is 9.53 Å². The fraction of sp³-hybridized carbons (Fsp3) is 0.500. The number of hydrogen-bond acceptors (Lipinski definition) is 2. The summed E-state index contributed by atoms with van der Waals surface area (Å²) in [5.74, 6) is 0.679. The fourth-order valence-corrected chi connectivity index (χ4v) is 2.57. The molecule has 2 fully saturated rings. The highest BCUT2D eigenvalue weighted by molar-refractivity contribution is 5.83. The minimum Gasteiger partial charge on any atom is -0.363 e. The smallest absolute Gasteiger partial charge is 0.254 e. The molecule has 0 bridgehead atoms. The van der Waals surface area contributed by atoms with Crippen LogP contribution in [0.1, 0.15) is 24.3 Å². The maximum absolute atomic E-state index is 11.9. The van der Waals surface area contributed by atoms with Gasteiger partial charge in [-0.05, 0) is 18.4 Å². The Balaban J connectivity index is 1.69. The lowest BCUT2D eigenvalue weighted by Crippen LogP contribution is -2.41. The van der Waals surface area contributed by atoms with Crippen molar-refractivity contribution >= 4 is 5.91 Å². The molecule has 0 spiro atoms. The summed E-state index contributed by atoms with van der Waals surface area (Å²) in [5, 5.41) is 0. The molecule has 2 unspecified atom stereocenters. The zero-order chi connectivity index (χ0) is 11.7. The number of rotatable bonds is 2. The lowest BCUT2D eigenvalue weighted by molar-refractivity contribution is -0.133. The minimum absolute atomic E-state index is 0.135. The molecule has 2 aliphatic heterocycles. The predicted octanol–water partition coefficient (Wildman–Crippen LogP) is 1.79. The van der Waals surface area contributed by atoms with Gasteiger partial charge in [0, 0.05) is 19.0 Å². The molecular weight excluding hydrogens is 214 g/mol. The number of epoxide rings is 1. The van der Waals surface area contributed by atoms with Gasteiger partial charge in [0.15, 0.2) is 6.10 Å². The molecule has 1 amide bonds. The van der Waals surface area contributed by atoms with Gasteiger partial charge in [-0.2, -0.15) is 0 Å². The van der Waals surface area contributed by atoms with Crippen LogP contribution < -0.4 is 0 Å². The number of nitrogens with zero attached hydrogens (tertiary/aromatic N) is 1. The summed E-state index contributed by atoms with van der Waals surface area (Å²) in [5.41, 5.74) is 1.35. The highest BCUT2D eigenvalue weighted by Crippen LogP contribution is 2.28. The van der Waals surface area contributed by atoms with Gasteiger partial charge in [0.2, 0.25) is 0 Å². The van der Waals surface area contributed by atoms with Crippen molar-refractivity contribution in [2.24, 2.45) is 0 Å². The Labute approximate surface area is 101 Å². The van der Waals surface area contributed by atoms with Crippen LogP contribution in [0, 0.1) is 0 Å². The van der Waals surface area contributed by atoms with E-state index >= 15 is 0 Å². The van der Waals surface area contributed by atoms with Crippen molar-refractivity contribution < 1.29 is 9.53 Å². The summed E-state index contributed by atoms with van der Waals surface area (Å²) in [6, 6.07) is 10.5. The lowest BCUT2D eigenvalue weighted by Gasteiger charge is -2.32. The second-order valence-electron chi connectivity index (χ2n) is 4.86. The Kier molecular flexibility index (Phi) is 2.85. The molecule has 2 saturated heterocycles. The number of benzene rings is 1. The van der Waals surface area contributed by atoms with Crippen molar-refractivity contribution in [3.63, 3.8) is 0 Å². The van der Waals surface area contributed by atoms with E-state index in [-0.39, 0.29) is 12.0 Å². The predicted molar refractivity (Wildman–Crippen MR) is 64.7 cm³/mol. The minimum atomic E-state index is -0.135. The van der Waals surface area contributed by atoms with E-state index in [0.717, 1.165) is 19.5 Å². The van der Waals surface area contributed by atoms with Crippen LogP contribution in [0.25, 0.3) is 0 Å². The first kappa shape index (κ1) is 10.8. The van der Waals surface area contributed by atoms with Crippen LogP contribution in [0.4, 0.5) is 0 Å². The largest absolute Gasteiger partial charge is 0.363 e. The van der Waals surface area contributed by atoms with Crippen molar-refractivity contribution in [1.82, 2.24) is 4.90 Å². The van der Waals surface area contributed by atoms with Gasteiger partial charge in [0.25, 0.3) is 5.91 Å². The van der Waals surface area contributed by atoms with Gasteiger partial charge in [-0.3, -0.25) is 4.79 Å². The maximum atomic E-state index is 11.9. The van der Waals surface area contributed by atoms with Crippen LogP contribution in [0.3, 0.4) is 0 Å². The monoisotopic (exact) mass is 231 g/mol. The third kappa shape index (κ3) is 2.34. The van der Waals surface area contributed by atoms with E-state index in [1.54, 1.807) is 0 Å². The molecule has 1 aromatic rings. The summed E-state index contributed by atoms with van der Waals surface area (Å²) in [6.45, 7) is 2.36. The number of piperidine rings is 1. The molecule has 17 heavy (non-hydrogen) atoms. The summed E-state index contributed by atoms with van der Waals surface area (Å²) >= 11 is 0. The zero-order valence-corrected chi connectivity index (χ0v) is 9.84. The van der Waals surface area contributed by atoms with Gasteiger partial charge in [0.1, 0.15) is 0 Å². The standard InChI is InChI=1S/C14H17NO2/c16-14(13-10-17-13)15-8-4-7-12(9-15)11-5-2-1-3-6-11/h1-3,5-6,12-13H,4,7-10H2. The summed E-state index contributed by atoms with van der Waals surface area (Å²) in [6.07, 6.45) is 2.14. The SMILES string of the molecule is O=C(C1CO1)N1CCCC(c2ccccc2)C1. The molecule has 0 N–H and O–H groups in total. The van der Waals surface area contributed by atoms with E-state index in [4.69, 9.17) is 4.74 Å². The number of ether oxygens (including phenoxy) is 1. The van der Waals surface area contributed by atoms with Crippen molar-refractivity contribution in [2.45, 2.75) is 24.9 Å². The molecule has 3 nitrogen and oxygen atoms in total. The normalized spacial score (nSPS) is 27.9. The number of hydrogen-bond donors (Lipinski definition) is 0. The van der Waals surface area contributed by atoms with Gasteiger partial charge >= 0.3 is 0 Å². The third-order valence-corrected chi connectivity index (χ3v) is 3.61. The summed E-state index contributed by atoms with van der Waals surface area (Å²) in [4.78, 5) is 13.9. The van der Waals surface area contributed by atoms with E-state index in [2.05, 4.69) is 24.3 Å². The van der Waals surface area contributed by atoms with Gasteiger partial charge in [0.05, 0.1) is 6.61 Å². The van der Waals surface area contributed by atoms with Crippen LogP contribution in [0.5, 0.6) is 0 Å². The second-order valence-corrected chi connectivity index (χ2v) is 4.86. The highest BCUT2D eigenvalue weighted by atomic mass is 16.6. The van der Waals surface area contributed by atoms with Crippen LogP contribution in [0.2, 0.25) is 0 Å². The van der Waals surface area contributed by atoms with Gasteiger partial charge in [-0.25, -0.2) is 0 Å². The van der Waals surface area contributed by atoms with Gasteiger partial charge < -0.3 is 9.64 Å². The van der Waals surface area contributed by atoms with E-state index in [1.165, 1.54) is 12.0 Å². The Hall–Kier alpha value is -1.35. The molecule has 90 valence electrons. The first-order chi connectivity index (χ1) is 8.34. The number of carbonyl (C=O) groups is 1. The molecule has 0 aliphatic carbocycles. The van der Waals surface area contributed by atoms with Crippen LogP contribution in [-0.4, -0.2) is 36.6 Å². The van der Waals surface area contributed by atoms with E-state index in [0.29, 0.717) is 12.5 Å². The zero-order valence-electron chi connectivity index (χ0n) is 9.84. The third-order valence-electron chi connectivity index (χ3n) is 3.61. The van der Waals surface area contributed by atoms with E-state index < -0.39 is 0 Å². The first-order valence-corrected chi connectivity index (χ1v) is 6.30. The van der Waals surface area contributed by atoms with Crippen LogP contribution in [0.15, 0.2) is 30.3 Å². The number of likely N-dealkylation sites (tertiary alicyclic amines) is 1. The van der Waals surface area contributed by atoms with Crippen molar-refractivity contribution in [3.05, 3.63) is 35.9 Å². The van der Waals surface area contributed by atoms with Crippen molar-refractivity contribution in [3.8, 4) is 0 Å². The molecule has 0 saturated carbocycles. The van der Waals surface area contributed by atoms with Crippen molar-refractivity contribution in [2.75, 3.05) is 19.7 Å². The molecule has 2 aliphatic rings. The Morgan fingerprint density at radius 3 is 2.76 bits per heavy atom. The van der Waals surface area contributed by atoms with Gasteiger partial charge in [-0.15, -0.1) is 0 Å².